The summed E-state index contributed by atoms with van der Waals surface area (Å²) in [5.41, 5.74) is 0. The molecule has 0 saturated heterocycles. The van der Waals surface area contributed by atoms with Crippen molar-refractivity contribution in [1.29, 1.82) is 0 Å². The molecule has 0 bridgehead atoms. The lowest BCUT2D eigenvalue weighted by molar-refractivity contribution is -0.117. The Bertz CT molecular complexity index is 291. The van der Waals surface area contributed by atoms with Crippen LogP contribution in [0.15, 0.2) is 0 Å². The van der Waals surface area contributed by atoms with Gasteiger partial charge in [0, 0.05) is 19.6 Å². The molecule has 0 saturated carbocycles. The summed E-state index contributed by atoms with van der Waals surface area (Å²) in [5, 5.41) is 0. The van der Waals surface area contributed by atoms with Crippen molar-refractivity contribution in [3.8, 4) is 0 Å². The molecule has 0 aromatic heterocycles. The van der Waals surface area contributed by atoms with Crippen molar-refractivity contribution >= 4 is 5.78 Å². The van der Waals surface area contributed by atoms with Gasteiger partial charge in [0.05, 0.1) is 13.2 Å². The molecule has 0 N–H and O–H groups in total. The lowest BCUT2D eigenvalue weighted by atomic mass is 10.0. The van der Waals surface area contributed by atoms with Gasteiger partial charge in [-0.2, -0.15) is 0 Å². The highest BCUT2D eigenvalue weighted by molar-refractivity contribution is 5.75. The molecule has 0 radical (unpaired) electrons. The number of ether oxygens (including phenoxy) is 2. The Balaban J connectivity index is 2.98. The Hall–Kier alpha value is -0.410. The minimum atomic E-state index is 0.270. The van der Waals surface area contributed by atoms with E-state index in [4.69, 9.17) is 9.47 Å². The maximum absolute atomic E-state index is 10.8. The fraction of sp³-hybridized carbons (Fsp3) is 0.958. The van der Waals surface area contributed by atoms with Crippen molar-refractivity contribution in [3.05, 3.63) is 0 Å². The van der Waals surface area contributed by atoms with Crippen LogP contribution in [0.3, 0.4) is 0 Å². The number of ketones is 1. The summed E-state index contributed by atoms with van der Waals surface area (Å²) in [5.74, 6) is 0.270. The molecule has 0 aliphatic heterocycles. The van der Waals surface area contributed by atoms with Gasteiger partial charge >= 0.3 is 0 Å². The zero-order chi connectivity index (χ0) is 19.8. The molecule has 3 heteroatoms. The molecule has 0 unspecified atom stereocenters. The van der Waals surface area contributed by atoms with Gasteiger partial charge < -0.3 is 14.3 Å². The van der Waals surface area contributed by atoms with Gasteiger partial charge in [0.15, 0.2) is 0 Å². The summed E-state index contributed by atoms with van der Waals surface area (Å²) >= 11 is 0. The smallest absolute Gasteiger partial charge is 0.129 e. The minimum Gasteiger partial charge on any atom is -0.379 e. The van der Waals surface area contributed by atoms with Crippen LogP contribution in [0.25, 0.3) is 0 Å². The van der Waals surface area contributed by atoms with Gasteiger partial charge in [0.1, 0.15) is 5.78 Å². The van der Waals surface area contributed by atoms with Crippen molar-refractivity contribution in [2.75, 3.05) is 26.4 Å². The van der Waals surface area contributed by atoms with Crippen LogP contribution in [-0.4, -0.2) is 32.2 Å². The average molecular weight is 385 g/mol. The molecule has 0 rings (SSSR count). The highest BCUT2D eigenvalue weighted by Crippen LogP contribution is 2.12. The summed E-state index contributed by atoms with van der Waals surface area (Å²) in [6.07, 6.45) is 22.1. The number of Topliss-reactive ketones (excluding diaryl/α,β-unsaturated/α-hetero) is 1. The molecule has 0 heterocycles. The van der Waals surface area contributed by atoms with Crippen LogP contribution in [0.4, 0.5) is 0 Å². The third-order valence-corrected chi connectivity index (χ3v) is 5.08. The van der Waals surface area contributed by atoms with Crippen LogP contribution in [-0.2, 0) is 14.3 Å². The lowest BCUT2D eigenvalue weighted by Gasteiger charge is -2.06. The molecule has 162 valence electrons. The molecule has 3 nitrogen and oxygen atoms in total. The molecule has 0 aromatic carbocycles. The van der Waals surface area contributed by atoms with Gasteiger partial charge in [-0.15, -0.1) is 0 Å². The van der Waals surface area contributed by atoms with Gasteiger partial charge in [-0.3, -0.25) is 0 Å². The van der Waals surface area contributed by atoms with E-state index in [1.807, 2.05) is 0 Å². The van der Waals surface area contributed by atoms with Crippen molar-refractivity contribution in [3.63, 3.8) is 0 Å². The van der Waals surface area contributed by atoms with Crippen LogP contribution in [0.5, 0.6) is 0 Å². The second-order valence-electron chi connectivity index (χ2n) is 7.98. The van der Waals surface area contributed by atoms with E-state index in [1.54, 1.807) is 6.92 Å². The topological polar surface area (TPSA) is 35.5 Å². The highest BCUT2D eigenvalue weighted by Gasteiger charge is 1.96. The third-order valence-electron chi connectivity index (χ3n) is 5.08. The molecule has 0 aromatic rings. The molecule has 0 amide bonds. The highest BCUT2D eigenvalue weighted by atomic mass is 16.5. The Morgan fingerprint density at radius 2 is 0.889 bits per heavy atom. The maximum atomic E-state index is 10.8. The number of carbonyl (C=O) groups is 1. The second-order valence-corrected chi connectivity index (χ2v) is 7.98. The van der Waals surface area contributed by atoms with E-state index >= 15 is 0 Å². The zero-order valence-corrected chi connectivity index (χ0v) is 18.6. The first-order valence-electron chi connectivity index (χ1n) is 11.9. The first kappa shape index (κ1) is 26.6. The summed E-state index contributed by atoms with van der Waals surface area (Å²) in [6, 6.07) is 0. The van der Waals surface area contributed by atoms with Crippen molar-refractivity contribution < 1.29 is 14.3 Å². The quantitative estimate of drug-likeness (QED) is 0.174. The first-order chi connectivity index (χ1) is 13.3. The van der Waals surface area contributed by atoms with Crippen LogP contribution < -0.4 is 0 Å². The van der Waals surface area contributed by atoms with E-state index < -0.39 is 0 Å². The van der Waals surface area contributed by atoms with Gasteiger partial charge in [0.2, 0.25) is 0 Å². The van der Waals surface area contributed by atoms with Crippen molar-refractivity contribution in [1.82, 2.24) is 0 Å². The number of hydrogen-bond donors (Lipinski definition) is 0. The standard InChI is InChI=1S/C24H48O3/c1-3-4-5-6-7-8-9-10-11-12-13-14-15-17-20-26-22-23-27-21-18-16-19-24(2)25/h3-23H2,1-2H3. The molecule has 0 aliphatic carbocycles. The maximum Gasteiger partial charge on any atom is 0.129 e. The minimum absolute atomic E-state index is 0.270. The van der Waals surface area contributed by atoms with Crippen LogP contribution in [0.1, 0.15) is 123 Å². The monoisotopic (exact) mass is 384 g/mol. The number of rotatable bonds is 23. The van der Waals surface area contributed by atoms with Crippen LogP contribution in [0, 0.1) is 0 Å². The van der Waals surface area contributed by atoms with Crippen LogP contribution >= 0.6 is 0 Å². The average Bonchev–Trinajstić information content (AvgIpc) is 2.65. The summed E-state index contributed by atoms with van der Waals surface area (Å²) in [7, 11) is 0. The second kappa shape index (κ2) is 23.6. The molecule has 0 spiro atoms. The Labute approximate surface area is 170 Å². The lowest BCUT2D eigenvalue weighted by Crippen LogP contribution is -2.06. The van der Waals surface area contributed by atoms with E-state index in [0.717, 1.165) is 26.1 Å². The Kier molecular flexibility index (Phi) is 23.3. The fourth-order valence-electron chi connectivity index (χ4n) is 3.30. The largest absolute Gasteiger partial charge is 0.379 e. The first-order valence-corrected chi connectivity index (χ1v) is 11.9. The normalized spacial score (nSPS) is 11.2. The molecule has 0 aliphatic rings. The number of unbranched alkanes of at least 4 members (excludes halogenated alkanes) is 14. The van der Waals surface area contributed by atoms with Gasteiger partial charge in [-0.1, -0.05) is 90.4 Å². The Morgan fingerprint density at radius 3 is 1.30 bits per heavy atom. The molecule has 0 fully saturated rings. The molecular formula is C24H48O3. The summed E-state index contributed by atoms with van der Waals surface area (Å²) in [4.78, 5) is 10.8. The predicted octanol–water partition coefficient (Wildman–Crippen LogP) is 7.26. The zero-order valence-electron chi connectivity index (χ0n) is 18.6. The van der Waals surface area contributed by atoms with Gasteiger partial charge in [0.25, 0.3) is 0 Å². The molecule has 0 atom stereocenters. The van der Waals surface area contributed by atoms with E-state index in [-0.39, 0.29) is 5.78 Å². The van der Waals surface area contributed by atoms with E-state index in [0.29, 0.717) is 19.6 Å². The SMILES string of the molecule is CCCCCCCCCCCCCCCCOCCOCCCCC(C)=O. The Morgan fingerprint density at radius 1 is 0.519 bits per heavy atom. The van der Waals surface area contributed by atoms with Crippen LogP contribution in [0.2, 0.25) is 0 Å². The van der Waals surface area contributed by atoms with E-state index in [2.05, 4.69) is 6.92 Å². The molecular weight excluding hydrogens is 336 g/mol. The van der Waals surface area contributed by atoms with Crippen molar-refractivity contribution in [2.45, 2.75) is 123 Å². The summed E-state index contributed by atoms with van der Waals surface area (Å²) in [6.45, 7) is 6.92. The van der Waals surface area contributed by atoms with Gasteiger partial charge in [-0.25, -0.2) is 0 Å². The van der Waals surface area contributed by atoms with Crippen molar-refractivity contribution in [2.24, 2.45) is 0 Å². The molecule has 27 heavy (non-hydrogen) atoms. The fourth-order valence-corrected chi connectivity index (χ4v) is 3.30. The summed E-state index contributed by atoms with van der Waals surface area (Å²) < 4.78 is 11.1. The predicted molar refractivity (Wildman–Crippen MR) is 116 cm³/mol. The number of carbonyl (C=O) groups excluding carboxylic acids is 1. The third kappa shape index (κ3) is 25.6. The van der Waals surface area contributed by atoms with Gasteiger partial charge in [-0.05, 0) is 26.2 Å². The number of hydrogen-bond acceptors (Lipinski definition) is 3. The van der Waals surface area contributed by atoms with E-state index in [1.165, 1.54) is 89.9 Å². The van der Waals surface area contributed by atoms with E-state index in [9.17, 15) is 4.79 Å².